The lowest BCUT2D eigenvalue weighted by atomic mass is 10.2. The van der Waals surface area contributed by atoms with Crippen LogP contribution in [0.5, 0.6) is 0 Å². The maximum Gasteiger partial charge on any atom is 0.239 e. The summed E-state index contributed by atoms with van der Waals surface area (Å²) in [6, 6.07) is 2.35. The molecule has 0 aliphatic heterocycles. The quantitative estimate of drug-likeness (QED) is 0.788. The van der Waals surface area contributed by atoms with Crippen LogP contribution in [0.25, 0.3) is 0 Å². The van der Waals surface area contributed by atoms with Crippen LogP contribution in [0.2, 0.25) is 0 Å². The van der Waals surface area contributed by atoms with Gasteiger partial charge in [0.25, 0.3) is 0 Å². The Morgan fingerprint density at radius 3 is 2.71 bits per heavy atom. The molecule has 0 saturated heterocycles. The SMILES string of the molecule is CNC(C)c1ccn(CC(=O)NCC(C)C)c1. The van der Waals surface area contributed by atoms with E-state index in [4.69, 9.17) is 0 Å². The number of carbonyl (C=O) groups is 1. The second-order valence-electron chi connectivity index (χ2n) is 4.83. The Balaban J connectivity index is 2.46. The number of amides is 1. The molecule has 0 aliphatic rings. The fourth-order valence-corrected chi connectivity index (χ4v) is 1.52. The topological polar surface area (TPSA) is 46.1 Å². The number of hydrogen-bond donors (Lipinski definition) is 2. The molecule has 2 N–H and O–H groups in total. The summed E-state index contributed by atoms with van der Waals surface area (Å²) < 4.78 is 1.92. The molecule has 0 saturated carbocycles. The number of aromatic nitrogens is 1. The van der Waals surface area contributed by atoms with E-state index in [9.17, 15) is 4.79 Å². The maximum atomic E-state index is 11.6. The normalized spacial score (nSPS) is 12.8. The van der Waals surface area contributed by atoms with Gasteiger partial charge in [-0.25, -0.2) is 0 Å². The third-order valence-electron chi connectivity index (χ3n) is 2.74. The number of hydrogen-bond acceptors (Lipinski definition) is 2. The fourth-order valence-electron chi connectivity index (χ4n) is 1.52. The van der Waals surface area contributed by atoms with Crippen molar-refractivity contribution < 1.29 is 4.79 Å². The van der Waals surface area contributed by atoms with Crippen LogP contribution in [0.4, 0.5) is 0 Å². The van der Waals surface area contributed by atoms with Crippen LogP contribution in [0.3, 0.4) is 0 Å². The van der Waals surface area contributed by atoms with E-state index in [1.165, 1.54) is 5.56 Å². The van der Waals surface area contributed by atoms with Gasteiger partial charge in [-0.3, -0.25) is 4.79 Å². The predicted octanol–water partition coefficient (Wildman–Crippen LogP) is 1.54. The molecule has 1 unspecified atom stereocenters. The van der Waals surface area contributed by atoms with Gasteiger partial charge >= 0.3 is 0 Å². The van der Waals surface area contributed by atoms with Gasteiger partial charge in [-0.15, -0.1) is 0 Å². The molecule has 1 atom stereocenters. The van der Waals surface area contributed by atoms with E-state index in [-0.39, 0.29) is 5.91 Å². The van der Waals surface area contributed by atoms with Crippen LogP contribution in [0.15, 0.2) is 18.5 Å². The molecule has 17 heavy (non-hydrogen) atoms. The van der Waals surface area contributed by atoms with Gasteiger partial charge in [-0.1, -0.05) is 13.8 Å². The van der Waals surface area contributed by atoms with E-state index < -0.39 is 0 Å². The second-order valence-corrected chi connectivity index (χ2v) is 4.83. The smallest absolute Gasteiger partial charge is 0.239 e. The van der Waals surface area contributed by atoms with Crippen molar-refractivity contribution >= 4 is 5.91 Å². The molecule has 1 rings (SSSR count). The Labute approximate surface area is 103 Å². The first-order valence-corrected chi connectivity index (χ1v) is 6.12. The Hall–Kier alpha value is -1.29. The highest BCUT2D eigenvalue weighted by molar-refractivity contribution is 5.75. The number of nitrogens with zero attached hydrogens (tertiary/aromatic N) is 1. The van der Waals surface area contributed by atoms with Crippen LogP contribution in [0.1, 0.15) is 32.4 Å². The maximum absolute atomic E-state index is 11.6. The molecule has 1 amide bonds. The molecule has 0 radical (unpaired) electrons. The Bertz CT molecular complexity index is 357. The third kappa shape index (κ3) is 4.61. The van der Waals surface area contributed by atoms with Crippen molar-refractivity contribution in [2.75, 3.05) is 13.6 Å². The molecule has 4 nitrogen and oxygen atoms in total. The summed E-state index contributed by atoms with van der Waals surface area (Å²) in [6.45, 7) is 7.40. The lowest BCUT2D eigenvalue weighted by molar-refractivity contribution is -0.121. The van der Waals surface area contributed by atoms with Crippen molar-refractivity contribution in [2.45, 2.75) is 33.4 Å². The molecule has 0 fully saturated rings. The summed E-state index contributed by atoms with van der Waals surface area (Å²) in [5.41, 5.74) is 1.20. The van der Waals surface area contributed by atoms with Gasteiger partial charge in [0, 0.05) is 25.0 Å². The third-order valence-corrected chi connectivity index (χ3v) is 2.74. The lowest BCUT2D eigenvalue weighted by Crippen LogP contribution is -2.30. The van der Waals surface area contributed by atoms with Crippen LogP contribution in [-0.2, 0) is 11.3 Å². The van der Waals surface area contributed by atoms with Crippen molar-refractivity contribution in [3.05, 3.63) is 24.0 Å². The minimum absolute atomic E-state index is 0.0676. The highest BCUT2D eigenvalue weighted by Crippen LogP contribution is 2.11. The van der Waals surface area contributed by atoms with E-state index in [2.05, 4.69) is 31.4 Å². The average molecular weight is 237 g/mol. The Morgan fingerprint density at radius 2 is 2.12 bits per heavy atom. The standard InChI is InChI=1S/C13H23N3O/c1-10(2)7-15-13(17)9-16-6-5-12(8-16)11(3)14-4/h5-6,8,10-11,14H,7,9H2,1-4H3,(H,15,17). The second kappa shape index (κ2) is 6.45. The van der Waals surface area contributed by atoms with E-state index in [0.717, 1.165) is 6.54 Å². The summed E-state index contributed by atoms with van der Waals surface area (Å²) in [6.07, 6.45) is 3.95. The zero-order chi connectivity index (χ0) is 12.8. The Kier molecular flexibility index (Phi) is 5.22. The van der Waals surface area contributed by atoms with Gasteiger partial charge in [-0.2, -0.15) is 0 Å². The lowest BCUT2D eigenvalue weighted by Gasteiger charge is -2.09. The molecule has 0 aromatic carbocycles. The highest BCUT2D eigenvalue weighted by atomic mass is 16.1. The summed E-state index contributed by atoms with van der Waals surface area (Å²) in [7, 11) is 1.93. The van der Waals surface area contributed by atoms with Crippen molar-refractivity contribution in [2.24, 2.45) is 5.92 Å². The molecule has 0 spiro atoms. The molecule has 96 valence electrons. The average Bonchev–Trinajstić information content (AvgIpc) is 2.73. The molecule has 1 aromatic rings. The predicted molar refractivity (Wildman–Crippen MR) is 69.8 cm³/mol. The summed E-state index contributed by atoms with van der Waals surface area (Å²) >= 11 is 0. The summed E-state index contributed by atoms with van der Waals surface area (Å²) in [5.74, 6) is 0.557. The van der Waals surface area contributed by atoms with E-state index in [1.54, 1.807) is 0 Å². The fraction of sp³-hybridized carbons (Fsp3) is 0.615. The van der Waals surface area contributed by atoms with Gasteiger partial charge in [0.15, 0.2) is 0 Å². The van der Waals surface area contributed by atoms with Crippen LogP contribution >= 0.6 is 0 Å². The largest absolute Gasteiger partial charge is 0.354 e. The molecular weight excluding hydrogens is 214 g/mol. The first-order chi connectivity index (χ1) is 8.02. The first-order valence-electron chi connectivity index (χ1n) is 6.12. The van der Waals surface area contributed by atoms with Crippen molar-refractivity contribution in [3.8, 4) is 0 Å². The van der Waals surface area contributed by atoms with Gasteiger partial charge in [0.05, 0.1) is 0 Å². The van der Waals surface area contributed by atoms with Gasteiger partial charge < -0.3 is 15.2 Å². The molecule has 1 heterocycles. The van der Waals surface area contributed by atoms with E-state index >= 15 is 0 Å². The van der Waals surface area contributed by atoms with E-state index in [0.29, 0.717) is 18.5 Å². The van der Waals surface area contributed by atoms with Crippen molar-refractivity contribution in [1.29, 1.82) is 0 Å². The molecular formula is C13H23N3O. The van der Waals surface area contributed by atoms with Gasteiger partial charge in [0.2, 0.25) is 5.91 Å². The number of nitrogens with one attached hydrogen (secondary N) is 2. The van der Waals surface area contributed by atoms with E-state index in [1.807, 2.05) is 30.1 Å². The molecule has 1 aromatic heterocycles. The summed E-state index contributed by atoms with van der Waals surface area (Å²) in [4.78, 5) is 11.6. The zero-order valence-electron chi connectivity index (χ0n) is 11.2. The number of rotatable bonds is 6. The zero-order valence-corrected chi connectivity index (χ0v) is 11.2. The van der Waals surface area contributed by atoms with Crippen LogP contribution < -0.4 is 10.6 Å². The molecule has 0 bridgehead atoms. The van der Waals surface area contributed by atoms with Gasteiger partial charge in [0.1, 0.15) is 6.54 Å². The van der Waals surface area contributed by atoms with Crippen LogP contribution in [-0.4, -0.2) is 24.1 Å². The van der Waals surface area contributed by atoms with Gasteiger partial charge in [-0.05, 0) is 31.5 Å². The number of carbonyl (C=O) groups excluding carboxylic acids is 1. The minimum Gasteiger partial charge on any atom is -0.354 e. The minimum atomic E-state index is 0.0676. The van der Waals surface area contributed by atoms with Crippen LogP contribution in [0, 0.1) is 5.92 Å². The summed E-state index contributed by atoms with van der Waals surface area (Å²) in [5, 5.41) is 6.08. The van der Waals surface area contributed by atoms with Crippen molar-refractivity contribution in [1.82, 2.24) is 15.2 Å². The molecule has 4 heteroatoms. The molecule has 0 aliphatic carbocycles. The van der Waals surface area contributed by atoms with Crippen molar-refractivity contribution in [3.63, 3.8) is 0 Å². The highest BCUT2D eigenvalue weighted by Gasteiger charge is 2.07. The Morgan fingerprint density at radius 1 is 1.41 bits per heavy atom. The first kappa shape index (κ1) is 13.8. The monoisotopic (exact) mass is 237 g/mol.